The third-order valence-electron chi connectivity index (χ3n) is 4.18. The third kappa shape index (κ3) is 3.39. The summed E-state index contributed by atoms with van der Waals surface area (Å²) in [6.45, 7) is 2.35. The molecule has 1 amide bonds. The standard InChI is InChI=1S/C20H18N4O3/c1-14-5-7-16(8-6-14)24-19(15-9-11-26-13-15)21-18(22-24)20(25)23(2)12-17-4-3-10-27-17/h3-11,13H,12H2,1-2H3. The molecule has 4 aromatic rings. The molecule has 1 aromatic carbocycles. The van der Waals surface area contributed by atoms with Crippen LogP contribution in [0.4, 0.5) is 0 Å². The Balaban J connectivity index is 1.70. The summed E-state index contributed by atoms with van der Waals surface area (Å²) in [7, 11) is 1.69. The fourth-order valence-electron chi connectivity index (χ4n) is 2.73. The zero-order valence-electron chi connectivity index (χ0n) is 15.0. The number of hydrogen-bond donors (Lipinski definition) is 0. The van der Waals surface area contributed by atoms with E-state index in [9.17, 15) is 4.79 Å². The molecule has 0 aliphatic rings. The number of hydrogen-bond acceptors (Lipinski definition) is 5. The first-order valence-electron chi connectivity index (χ1n) is 8.46. The zero-order valence-corrected chi connectivity index (χ0v) is 15.0. The Hall–Kier alpha value is -3.61. The minimum atomic E-state index is -0.290. The van der Waals surface area contributed by atoms with Gasteiger partial charge < -0.3 is 13.7 Å². The molecule has 3 heterocycles. The van der Waals surface area contributed by atoms with Crippen LogP contribution in [0.5, 0.6) is 0 Å². The summed E-state index contributed by atoms with van der Waals surface area (Å²) in [4.78, 5) is 18.8. The molecule has 0 aliphatic heterocycles. The monoisotopic (exact) mass is 362 g/mol. The molecular formula is C20H18N4O3. The Morgan fingerprint density at radius 1 is 1.15 bits per heavy atom. The highest BCUT2D eigenvalue weighted by Gasteiger charge is 2.22. The minimum Gasteiger partial charge on any atom is -0.472 e. The molecule has 7 nitrogen and oxygen atoms in total. The summed E-state index contributed by atoms with van der Waals surface area (Å²) in [5, 5.41) is 4.46. The van der Waals surface area contributed by atoms with E-state index < -0.39 is 0 Å². The third-order valence-corrected chi connectivity index (χ3v) is 4.18. The lowest BCUT2D eigenvalue weighted by molar-refractivity contribution is 0.0763. The Morgan fingerprint density at radius 2 is 1.96 bits per heavy atom. The lowest BCUT2D eigenvalue weighted by Crippen LogP contribution is -2.27. The molecule has 27 heavy (non-hydrogen) atoms. The van der Waals surface area contributed by atoms with Crippen molar-refractivity contribution in [1.82, 2.24) is 19.7 Å². The zero-order chi connectivity index (χ0) is 18.8. The van der Waals surface area contributed by atoms with Crippen molar-refractivity contribution in [3.63, 3.8) is 0 Å². The maximum atomic E-state index is 12.8. The maximum Gasteiger partial charge on any atom is 0.293 e. The van der Waals surface area contributed by atoms with Crippen LogP contribution in [0.1, 0.15) is 21.9 Å². The highest BCUT2D eigenvalue weighted by molar-refractivity contribution is 5.90. The summed E-state index contributed by atoms with van der Waals surface area (Å²) in [5.74, 6) is 1.06. The van der Waals surface area contributed by atoms with E-state index in [2.05, 4.69) is 10.1 Å². The van der Waals surface area contributed by atoms with Gasteiger partial charge in [0.1, 0.15) is 12.0 Å². The van der Waals surface area contributed by atoms with Gasteiger partial charge >= 0.3 is 0 Å². The van der Waals surface area contributed by atoms with E-state index in [4.69, 9.17) is 8.83 Å². The van der Waals surface area contributed by atoms with Crippen LogP contribution in [0.3, 0.4) is 0 Å². The van der Waals surface area contributed by atoms with Crippen LogP contribution in [0.25, 0.3) is 17.1 Å². The molecule has 0 bridgehead atoms. The number of aryl methyl sites for hydroxylation is 1. The number of amides is 1. The first kappa shape index (κ1) is 16.8. The lowest BCUT2D eigenvalue weighted by atomic mass is 10.2. The number of carbonyl (C=O) groups is 1. The summed E-state index contributed by atoms with van der Waals surface area (Å²) in [5.41, 5.74) is 2.70. The number of carbonyl (C=O) groups excluding carboxylic acids is 1. The molecule has 0 unspecified atom stereocenters. The molecule has 4 rings (SSSR count). The molecule has 0 fully saturated rings. The predicted molar refractivity (Wildman–Crippen MR) is 98.3 cm³/mol. The largest absolute Gasteiger partial charge is 0.472 e. The van der Waals surface area contributed by atoms with Gasteiger partial charge in [-0.1, -0.05) is 17.7 Å². The van der Waals surface area contributed by atoms with Crippen LogP contribution in [0, 0.1) is 6.92 Å². The Kier molecular flexibility index (Phi) is 4.33. The van der Waals surface area contributed by atoms with Crippen molar-refractivity contribution >= 4 is 5.91 Å². The predicted octanol–water partition coefficient (Wildman–Crippen LogP) is 3.70. The first-order chi connectivity index (χ1) is 13.1. The van der Waals surface area contributed by atoms with Gasteiger partial charge in [0.15, 0.2) is 5.82 Å². The SMILES string of the molecule is Cc1ccc(-n2nc(C(=O)N(C)Cc3ccco3)nc2-c2ccoc2)cc1. The lowest BCUT2D eigenvalue weighted by Gasteiger charge is -2.13. The van der Waals surface area contributed by atoms with Crippen LogP contribution in [-0.2, 0) is 6.54 Å². The van der Waals surface area contributed by atoms with E-state index in [0.29, 0.717) is 18.1 Å². The summed E-state index contributed by atoms with van der Waals surface area (Å²) < 4.78 is 12.1. The van der Waals surface area contributed by atoms with Crippen LogP contribution < -0.4 is 0 Å². The molecule has 0 N–H and O–H groups in total. The highest BCUT2D eigenvalue weighted by Crippen LogP contribution is 2.22. The number of furan rings is 2. The van der Waals surface area contributed by atoms with Crippen molar-refractivity contribution in [3.8, 4) is 17.1 Å². The van der Waals surface area contributed by atoms with Crippen LogP contribution >= 0.6 is 0 Å². The highest BCUT2D eigenvalue weighted by atomic mass is 16.3. The van der Waals surface area contributed by atoms with Crippen LogP contribution in [-0.4, -0.2) is 32.6 Å². The minimum absolute atomic E-state index is 0.112. The van der Waals surface area contributed by atoms with E-state index in [1.165, 1.54) is 4.90 Å². The van der Waals surface area contributed by atoms with Gasteiger partial charge in [-0.15, -0.1) is 5.10 Å². The fourth-order valence-corrected chi connectivity index (χ4v) is 2.73. The molecule has 0 atom stereocenters. The second kappa shape index (κ2) is 6.95. The van der Waals surface area contributed by atoms with E-state index in [0.717, 1.165) is 16.8 Å². The van der Waals surface area contributed by atoms with Crippen LogP contribution in [0.15, 0.2) is 70.1 Å². The van der Waals surface area contributed by atoms with E-state index in [-0.39, 0.29) is 11.7 Å². The average Bonchev–Trinajstić information content (AvgIpc) is 3.42. The number of benzene rings is 1. The van der Waals surface area contributed by atoms with Crippen molar-refractivity contribution in [2.24, 2.45) is 0 Å². The van der Waals surface area contributed by atoms with Crippen molar-refractivity contribution in [2.45, 2.75) is 13.5 Å². The average molecular weight is 362 g/mol. The normalized spacial score (nSPS) is 10.9. The second-order valence-corrected chi connectivity index (χ2v) is 6.26. The quantitative estimate of drug-likeness (QED) is 0.541. The molecule has 0 radical (unpaired) electrons. The molecule has 136 valence electrons. The topological polar surface area (TPSA) is 77.3 Å². The smallest absolute Gasteiger partial charge is 0.293 e. The molecule has 7 heteroatoms. The van der Waals surface area contributed by atoms with Crippen LogP contribution in [0.2, 0.25) is 0 Å². The van der Waals surface area contributed by atoms with Gasteiger partial charge in [-0.25, -0.2) is 9.67 Å². The fraction of sp³-hybridized carbons (Fsp3) is 0.150. The van der Waals surface area contributed by atoms with Gasteiger partial charge in [0.2, 0.25) is 5.82 Å². The van der Waals surface area contributed by atoms with Gasteiger partial charge in [-0.2, -0.15) is 0 Å². The van der Waals surface area contributed by atoms with Crippen molar-refractivity contribution in [1.29, 1.82) is 0 Å². The number of nitrogens with zero attached hydrogens (tertiary/aromatic N) is 4. The van der Waals surface area contributed by atoms with Crippen molar-refractivity contribution in [2.75, 3.05) is 7.05 Å². The molecule has 3 aromatic heterocycles. The van der Waals surface area contributed by atoms with Gasteiger partial charge in [-0.05, 0) is 37.3 Å². The Morgan fingerprint density at radius 3 is 2.63 bits per heavy atom. The molecule has 0 aliphatic carbocycles. The molecule has 0 saturated heterocycles. The second-order valence-electron chi connectivity index (χ2n) is 6.26. The number of aromatic nitrogens is 3. The Bertz CT molecular complexity index is 1030. The first-order valence-corrected chi connectivity index (χ1v) is 8.46. The van der Waals surface area contributed by atoms with Crippen molar-refractivity contribution in [3.05, 3.63) is 78.4 Å². The van der Waals surface area contributed by atoms with E-state index >= 15 is 0 Å². The summed E-state index contributed by atoms with van der Waals surface area (Å²) in [6.07, 6.45) is 4.72. The molecule has 0 saturated carbocycles. The summed E-state index contributed by atoms with van der Waals surface area (Å²) in [6, 6.07) is 13.2. The van der Waals surface area contributed by atoms with Gasteiger partial charge in [0, 0.05) is 7.05 Å². The van der Waals surface area contributed by atoms with Gasteiger partial charge in [-0.3, -0.25) is 4.79 Å². The Labute approximate surface area is 155 Å². The maximum absolute atomic E-state index is 12.8. The van der Waals surface area contributed by atoms with Gasteiger partial charge in [0.25, 0.3) is 5.91 Å². The molecule has 0 spiro atoms. The van der Waals surface area contributed by atoms with Gasteiger partial charge in [0.05, 0.1) is 30.3 Å². The number of rotatable bonds is 5. The molecular weight excluding hydrogens is 344 g/mol. The van der Waals surface area contributed by atoms with E-state index in [1.807, 2.05) is 37.3 Å². The summed E-state index contributed by atoms with van der Waals surface area (Å²) >= 11 is 0. The van der Waals surface area contributed by atoms with Crippen molar-refractivity contribution < 1.29 is 13.6 Å². The van der Waals surface area contributed by atoms with E-state index in [1.54, 1.807) is 42.7 Å².